The number of phenolic OH excluding ortho intramolecular Hbond substituents is 1. The summed E-state index contributed by atoms with van der Waals surface area (Å²) in [5, 5.41) is 42.2. The number of carbonyl (C=O) groups is 2. The molecule has 2 fully saturated rings. The van der Waals surface area contributed by atoms with E-state index >= 15 is 0 Å². The van der Waals surface area contributed by atoms with Gasteiger partial charge in [0.15, 0.2) is 5.60 Å². The molecular weight excluding hydrogens is 368 g/mol. The average Bonchev–Trinajstić information content (AvgIpc) is 3.24. The fourth-order valence-corrected chi connectivity index (χ4v) is 5.26. The van der Waals surface area contributed by atoms with Gasteiger partial charge < -0.3 is 36.6 Å². The van der Waals surface area contributed by atoms with Crippen molar-refractivity contribution in [3.05, 3.63) is 46.2 Å². The molecule has 146 valence electrons. The Bertz CT molecular complexity index is 1040. The summed E-state index contributed by atoms with van der Waals surface area (Å²) in [4.78, 5) is 25.2. The molecule has 28 heavy (non-hydrogen) atoms. The molecule has 1 aromatic carbocycles. The summed E-state index contributed by atoms with van der Waals surface area (Å²) in [6, 6.07) is 3.64. The van der Waals surface area contributed by atoms with Crippen molar-refractivity contribution in [3.63, 3.8) is 0 Å². The molecule has 9 nitrogen and oxygen atoms in total. The predicted molar refractivity (Wildman–Crippen MR) is 93.6 cm³/mol. The van der Waals surface area contributed by atoms with Crippen molar-refractivity contribution >= 4 is 17.4 Å². The van der Waals surface area contributed by atoms with Crippen LogP contribution >= 0.6 is 0 Å². The molecule has 8 N–H and O–H groups in total. The summed E-state index contributed by atoms with van der Waals surface area (Å²) in [7, 11) is 0. The molecule has 0 radical (unpaired) electrons. The first-order valence-electron chi connectivity index (χ1n) is 8.85. The van der Waals surface area contributed by atoms with Gasteiger partial charge in [-0.15, -0.1) is 0 Å². The molecule has 0 aromatic heterocycles. The summed E-state index contributed by atoms with van der Waals surface area (Å²) in [6.07, 6.45) is 0.583. The van der Waals surface area contributed by atoms with Crippen LogP contribution in [-0.4, -0.2) is 49.5 Å². The molecule has 1 saturated heterocycles. The number of phenols is 1. The van der Waals surface area contributed by atoms with Crippen LogP contribution in [0.2, 0.25) is 0 Å². The van der Waals surface area contributed by atoms with Crippen molar-refractivity contribution in [1.29, 1.82) is 0 Å². The first-order chi connectivity index (χ1) is 13.1. The van der Waals surface area contributed by atoms with E-state index in [4.69, 9.17) is 16.2 Å². The number of epoxide rings is 1. The SMILES string of the molecule is NC(=O)C1=C(O)C(N)C2CC3Cc4cccc(O)c4C(O)=C3C(=O)[C@@]23OC13O. The molecule has 1 heterocycles. The number of primary amides is 1. The minimum atomic E-state index is -2.39. The third kappa shape index (κ3) is 1.68. The van der Waals surface area contributed by atoms with E-state index < -0.39 is 52.3 Å². The number of hydrogen-bond donors (Lipinski definition) is 6. The molecule has 4 aliphatic rings. The zero-order valence-corrected chi connectivity index (χ0v) is 14.5. The van der Waals surface area contributed by atoms with Crippen LogP contribution in [0.4, 0.5) is 0 Å². The fourth-order valence-electron chi connectivity index (χ4n) is 5.26. The van der Waals surface area contributed by atoms with Gasteiger partial charge in [0.05, 0.1) is 11.6 Å². The molecular formula is C19H18N2O7. The van der Waals surface area contributed by atoms with E-state index in [0.29, 0.717) is 12.0 Å². The number of benzene rings is 1. The summed E-state index contributed by atoms with van der Waals surface area (Å²) in [5.41, 5.74) is 9.67. The quantitative estimate of drug-likeness (QED) is 0.350. The van der Waals surface area contributed by atoms with Gasteiger partial charge in [-0.2, -0.15) is 0 Å². The molecule has 1 amide bonds. The highest BCUT2D eigenvalue weighted by Crippen LogP contribution is 2.66. The molecule has 9 heteroatoms. The van der Waals surface area contributed by atoms with E-state index in [9.17, 15) is 30.0 Å². The molecule has 1 aromatic rings. The van der Waals surface area contributed by atoms with Gasteiger partial charge in [-0.3, -0.25) is 9.59 Å². The van der Waals surface area contributed by atoms with Crippen LogP contribution in [-0.2, 0) is 20.7 Å². The van der Waals surface area contributed by atoms with Crippen molar-refractivity contribution in [1.82, 2.24) is 0 Å². The summed E-state index contributed by atoms with van der Waals surface area (Å²) in [5.74, 6) is -6.66. The third-order valence-corrected chi connectivity index (χ3v) is 6.50. The maximum absolute atomic E-state index is 13.4. The Morgan fingerprint density at radius 1 is 1.25 bits per heavy atom. The maximum atomic E-state index is 13.4. The van der Waals surface area contributed by atoms with Gasteiger partial charge in [0.2, 0.25) is 11.6 Å². The monoisotopic (exact) mass is 386 g/mol. The maximum Gasteiger partial charge on any atom is 0.253 e. The smallest absolute Gasteiger partial charge is 0.253 e. The minimum Gasteiger partial charge on any atom is -0.510 e. The molecule has 1 aliphatic heterocycles. The number of hydrogen-bond acceptors (Lipinski definition) is 8. The molecule has 4 unspecified atom stereocenters. The fraction of sp³-hybridized carbons (Fsp3) is 0.368. The number of nitrogens with two attached hydrogens (primary N) is 2. The van der Waals surface area contributed by atoms with Crippen LogP contribution in [0.5, 0.6) is 5.75 Å². The lowest BCUT2D eigenvalue weighted by Crippen LogP contribution is -2.59. The van der Waals surface area contributed by atoms with Crippen molar-refractivity contribution < 1.29 is 34.8 Å². The highest BCUT2D eigenvalue weighted by molar-refractivity contribution is 6.13. The number of aliphatic hydroxyl groups is 3. The molecule has 3 aliphatic carbocycles. The van der Waals surface area contributed by atoms with Gasteiger partial charge in [-0.25, -0.2) is 0 Å². The lowest BCUT2D eigenvalue weighted by molar-refractivity contribution is -0.126. The lowest BCUT2D eigenvalue weighted by atomic mass is 9.59. The molecule has 0 bridgehead atoms. The van der Waals surface area contributed by atoms with E-state index in [1.165, 1.54) is 6.07 Å². The Morgan fingerprint density at radius 3 is 2.64 bits per heavy atom. The minimum absolute atomic E-state index is 0.0126. The number of amides is 1. The van der Waals surface area contributed by atoms with Gasteiger partial charge in [0, 0.05) is 11.5 Å². The highest BCUT2D eigenvalue weighted by atomic mass is 16.8. The number of ether oxygens (including phenoxy) is 1. The third-order valence-electron chi connectivity index (χ3n) is 6.50. The summed E-state index contributed by atoms with van der Waals surface area (Å²) in [6.45, 7) is 0. The van der Waals surface area contributed by atoms with Crippen LogP contribution in [0.25, 0.3) is 5.76 Å². The van der Waals surface area contributed by atoms with Crippen molar-refractivity contribution in [2.45, 2.75) is 30.3 Å². The van der Waals surface area contributed by atoms with Gasteiger partial charge in [-0.05, 0) is 30.4 Å². The number of carbonyl (C=O) groups excluding carboxylic acids is 2. The van der Waals surface area contributed by atoms with Crippen LogP contribution in [0.15, 0.2) is 35.1 Å². The van der Waals surface area contributed by atoms with Crippen molar-refractivity contribution in [2.24, 2.45) is 23.3 Å². The van der Waals surface area contributed by atoms with E-state index in [1.807, 2.05) is 0 Å². The molecule has 1 spiro atoms. The number of aliphatic hydroxyl groups excluding tert-OH is 2. The van der Waals surface area contributed by atoms with Crippen LogP contribution < -0.4 is 11.5 Å². The Morgan fingerprint density at radius 2 is 1.96 bits per heavy atom. The first kappa shape index (κ1) is 17.2. The molecule has 5 atom stereocenters. The van der Waals surface area contributed by atoms with E-state index in [-0.39, 0.29) is 29.1 Å². The second-order valence-electron chi connectivity index (χ2n) is 7.78. The normalized spacial score (nSPS) is 38.4. The standard InChI is InChI=1S/C19H18N2O7/c20-13-8-5-7-4-6-2-1-3-9(22)10(6)14(23)11(7)16(25)18(8)19(27,28-18)12(15(13)24)17(21)26/h1-3,7-8,13,22-24,27H,4-5,20H2,(H2,21,26)/t7?,8?,13?,18-,19?/m0/s1. The average molecular weight is 386 g/mol. The summed E-state index contributed by atoms with van der Waals surface area (Å²) >= 11 is 0. The Balaban J connectivity index is 1.71. The largest absolute Gasteiger partial charge is 0.510 e. The van der Waals surface area contributed by atoms with E-state index in [1.54, 1.807) is 12.1 Å². The zero-order chi connectivity index (χ0) is 20.2. The molecule has 5 rings (SSSR count). The Kier molecular flexibility index (Phi) is 3.04. The predicted octanol–water partition coefficient (Wildman–Crippen LogP) is -0.481. The van der Waals surface area contributed by atoms with Gasteiger partial charge in [0.1, 0.15) is 22.8 Å². The van der Waals surface area contributed by atoms with Gasteiger partial charge in [-0.1, -0.05) is 12.1 Å². The van der Waals surface area contributed by atoms with Gasteiger partial charge in [0.25, 0.3) is 5.91 Å². The molecule has 1 saturated carbocycles. The lowest BCUT2D eigenvalue weighted by Gasteiger charge is -2.43. The number of Topliss-reactive ketones (excluding diaryl/α,β-unsaturated/α-hetero) is 1. The number of fused-ring (bicyclic) bond motifs is 2. The van der Waals surface area contributed by atoms with Gasteiger partial charge >= 0.3 is 0 Å². The van der Waals surface area contributed by atoms with Crippen LogP contribution in [0.3, 0.4) is 0 Å². The number of rotatable bonds is 1. The summed E-state index contributed by atoms with van der Waals surface area (Å²) < 4.78 is 5.40. The van der Waals surface area contributed by atoms with Crippen LogP contribution in [0, 0.1) is 11.8 Å². The second kappa shape index (κ2) is 4.93. The first-order valence-corrected chi connectivity index (χ1v) is 8.85. The number of aromatic hydroxyl groups is 1. The topological polar surface area (TPSA) is 180 Å². The van der Waals surface area contributed by atoms with Crippen LogP contribution in [0.1, 0.15) is 17.5 Å². The highest BCUT2D eigenvalue weighted by Gasteiger charge is 2.85. The second-order valence-corrected chi connectivity index (χ2v) is 7.78. The van der Waals surface area contributed by atoms with E-state index in [0.717, 1.165) is 0 Å². The Hall–Kier alpha value is -2.88. The van der Waals surface area contributed by atoms with Crippen molar-refractivity contribution in [3.8, 4) is 5.75 Å². The van der Waals surface area contributed by atoms with E-state index in [2.05, 4.69) is 0 Å². The number of ketones is 1. The Labute approximate surface area is 158 Å². The van der Waals surface area contributed by atoms with Crippen molar-refractivity contribution in [2.75, 3.05) is 0 Å². The zero-order valence-electron chi connectivity index (χ0n) is 14.5.